The highest BCUT2D eigenvalue weighted by Gasteiger charge is 2.33. The Morgan fingerprint density at radius 3 is 2.15 bits per heavy atom. The number of carboxylic acid groups (broad SMARTS) is 1. The zero-order valence-electron chi connectivity index (χ0n) is 17.9. The molecule has 0 aliphatic carbocycles. The quantitative estimate of drug-likeness (QED) is 0.210. The third kappa shape index (κ3) is 5.23. The molecule has 13 heteroatoms. The Bertz CT molecular complexity index is 1100. The maximum atomic E-state index is 12.6. The van der Waals surface area contributed by atoms with Crippen molar-refractivity contribution in [1.82, 2.24) is 0 Å². The number of carbonyl (C=O) groups excluding carboxylic acids is 2. The largest absolute Gasteiger partial charge is 0.595 e. The van der Waals surface area contributed by atoms with E-state index in [1.807, 2.05) is 0 Å². The van der Waals surface area contributed by atoms with Crippen LogP contribution < -0.4 is 14.7 Å². The van der Waals surface area contributed by atoms with Crippen molar-refractivity contribution in [3.05, 3.63) is 40.1 Å². The van der Waals surface area contributed by atoms with Gasteiger partial charge in [0.05, 0.1) is 14.2 Å². The Balaban J connectivity index is 2.77. The van der Waals surface area contributed by atoms with Crippen molar-refractivity contribution < 1.29 is 59.1 Å². The molecule has 2 rings (SSSR count). The molecule has 0 spiro atoms. The van der Waals surface area contributed by atoms with Crippen LogP contribution in [0.2, 0.25) is 0 Å². The lowest BCUT2D eigenvalue weighted by Gasteiger charge is -2.21. The predicted octanol–water partition coefficient (Wildman–Crippen LogP) is 1.03. The number of phenolic OH excluding ortho intramolecular Hbond substituents is 2. The van der Waals surface area contributed by atoms with Crippen LogP contribution in [0.15, 0.2) is 18.2 Å². The van der Waals surface area contributed by atoms with E-state index in [-0.39, 0.29) is 5.75 Å². The molecular weight excluding hydrogens is 446 g/mol. The standard InChI is InChI=1S/C20H21NO12/c1-8-5-10(22)14(20(27)32-9(2)18(24)25)12(6-8)33-17-13(30-3)7-11(23)16(21(28)29)15(17)19(26)31-4/h5-7,9,21-23,28H,1-4H3,(H,24,25). The number of methoxy groups -OCH3 is 2. The van der Waals surface area contributed by atoms with E-state index >= 15 is 0 Å². The number of phenols is 2. The van der Waals surface area contributed by atoms with Gasteiger partial charge in [0.25, 0.3) is 0 Å². The minimum atomic E-state index is -1.69. The lowest BCUT2D eigenvalue weighted by molar-refractivity contribution is -0.991. The molecule has 2 aromatic carbocycles. The SMILES string of the molecule is COC(=O)c1c(Oc2cc(C)cc(O)c2C(=O)OC(C)C(=O)O)c(OC)cc(O)c1[NH+]([O-])O. The van der Waals surface area contributed by atoms with Crippen molar-refractivity contribution in [2.75, 3.05) is 14.2 Å². The highest BCUT2D eigenvalue weighted by Crippen LogP contribution is 2.45. The number of aryl methyl sites for hydroxylation is 1. The lowest BCUT2D eigenvalue weighted by Crippen LogP contribution is -2.99. The molecule has 33 heavy (non-hydrogen) atoms. The van der Waals surface area contributed by atoms with Crippen LogP contribution in [0.1, 0.15) is 33.2 Å². The van der Waals surface area contributed by atoms with Crippen molar-refractivity contribution in [1.29, 1.82) is 0 Å². The number of quaternary nitrogens is 1. The van der Waals surface area contributed by atoms with Crippen LogP contribution in [0, 0.1) is 12.1 Å². The number of nitrogens with one attached hydrogen (secondary N) is 1. The zero-order valence-corrected chi connectivity index (χ0v) is 17.9. The first-order chi connectivity index (χ1) is 15.4. The molecule has 2 aromatic rings. The van der Waals surface area contributed by atoms with Gasteiger partial charge in [0.1, 0.15) is 17.1 Å². The molecule has 0 aliphatic rings. The first kappa shape index (κ1) is 25.2. The van der Waals surface area contributed by atoms with Gasteiger partial charge >= 0.3 is 17.9 Å². The number of carboxylic acids is 1. The fourth-order valence-corrected chi connectivity index (χ4v) is 2.79. The summed E-state index contributed by atoms with van der Waals surface area (Å²) in [5.41, 5.74) is -1.82. The average molecular weight is 467 g/mol. The van der Waals surface area contributed by atoms with Gasteiger partial charge < -0.3 is 39.5 Å². The predicted molar refractivity (Wildman–Crippen MR) is 107 cm³/mol. The fraction of sp³-hybridized carbons (Fsp3) is 0.250. The van der Waals surface area contributed by atoms with E-state index in [4.69, 9.17) is 19.3 Å². The van der Waals surface area contributed by atoms with Crippen LogP contribution in [0.5, 0.6) is 28.7 Å². The zero-order chi connectivity index (χ0) is 25.0. The second-order valence-corrected chi connectivity index (χ2v) is 6.62. The Labute approximate surface area is 186 Å². The molecule has 178 valence electrons. The van der Waals surface area contributed by atoms with E-state index in [1.165, 1.54) is 19.1 Å². The third-order valence-corrected chi connectivity index (χ3v) is 4.32. The monoisotopic (exact) mass is 467 g/mol. The molecular formula is C20H21NO12. The van der Waals surface area contributed by atoms with Crippen LogP contribution in [0.4, 0.5) is 5.69 Å². The summed E-state index contributed by atoms with van der Waals surface area (Å²) in [6.07, 6.45) is -1.57. The van der Waals surface area contributed by atoms with Crippen LogP contribution in [0.3, 0.4) is 0 Å². The van der Waals surface area contributed by atoms with Crippen molar-refractivity contribution in [2.24, 2.45) is 0 Å². The minimum Gasteiger partial charge on any atom is -0.595 e. The number of hydrogen-bond acceptors (Lipinski definition) is 11. The van der Waals surface area contributed by atoms with Crippen molar-refractivity contribution in [3.63, 3.8) is 0 Å². The van der Waals surface area contributed by atoms with E-state index in [1.54, 1.807) is 0 Å². The summed E-state index contributed by atoms with van der Waals surface area (Å²) in [5.74, 6) is -6.66. The van der Waals surface area contributed by atoms with Gasteiger partial charge in [-0.2, -0.15) is 5.23 Å². The highest BCUT2D eigenvalue weighted by molar-refractivity contribution is 6.00. The normalized spacial score (nSPS) is 12.4. The molecule has 0 saturated heterocycles. The summed E-state index contributed by atoms with van der Waals surface area (Å²) in [5, 5.41) is 48.9. The number of aliphatic carboxylic acids is 1. The van der Waals surface area contributed by atoms with E-state index in [0.29, 0.717) is 5.56 Å². The van der Waals surface area contributed by atoms with Gasteiger partial charge in [0.2, 0.25) is 5.69 Å². The molecule has 5 N–H and O–H groups in total. The Hall–Kier alpha value is -4.07. The number of benzene rings is 2. The number of rotatable bonds is 8. The van der Waals surface area contributed by atoms with Gasteiger partial charge in [-0.05, 0) is 31.5 Å². The summed E-state index contributed by atoms with van der Waals surface area (Å²) >= 11 is 0. The molecule has 13 nitrogen and oxygen atoms in total. The van der Waals surface area contributed by atoms with E-state index in [0.717, 1.165) is 27.2 Å². The van der Waals surface area contributed by atoms with Gasteiger partial charge in [-0.25, -0.2) is 19.6 Å². The van der Waals surface area contributed by atoms with Gasteiger partial charge in [0.15, 0.2) is 28.9 Å². The molecule has 0 saturated carbocycles. The summed E-state index contributed by atoms with van der Waals surface area (Å²) in [6, 6.07) is 3.29. The number of carbonyl (C=O) groups is 3. The number of esters is 2. The Morgan fingerprint density at radius 1 is 1.00 bits per heavy atom. The van der Waals surface area contributed by atoms with Crippen molar-refractivity contribution in [3.8, 4) is 28.7 Å². The van der Waals surface area contributed by atoms with Crippen LogP contribution >= 0.6 is 0 Å². The molecule has 0 bridgehead atoms. The summed E-state index contributed by atoms with van der Waals surface area (Å²) in [6.45, 7) is 2.61. The van der Waals surface area contributed by atoms with Crippen molar-refractivity contribution >= 4 is 23.6 Å². The second-order valence-electron chi connectivity index (χ2n) is 6.62. The fourth-order valence-electron chi connectivity index (χ4n) is 2.79. The topological polar surface area (TPSA) is 197 Å². The maximum absolute atomic E-state index is 12.6. The molecule has 0 amide bonds. The highest BCUT2D eigenvalue weighted by atomic mass is 16.8. The maximum Gasteiger partial charge on any atom is 0.348 e. The average Bonchev–Trinajstić information content (AvgIpc) is 2.72. The molecule has 2 unspecified atom stereocenters. The molecule has 0 aliphatic heterocycles. The molecule has 0 fully saturated rings. The minimum absolute atomic E-state index is 0.308. The van der Waals surface area contributed by atoms with E-state index < -0.39 is 69.1 Å². The van der Waals surface area contributed by atoms with Gasteiger partial charge in [-0.15, -0.1) is 0 Å². The lowest BCUT2D eigenvalue weighted by atomic mass is 10.1. The number of aromatic hydroxyl groups is 2. The molecule has 0 aromatic heterocycles. The van der Waals surface area contributed by atoms with Crippen LogP contribution in [-0.2, 0) is 14.3 Å². The smallest absolute Gasteiger partial charge is 0.348 e. The Morgan fingerprint density at radius 2 is 1.64 bits per heavy atom. The number of hydrogen-bond donors (Lipinski definition) is 5. The summed E-state index contributed by atoms with van der Waals surface area (Å²) in [4.78, 5) is 36.0. The molecule has 0 heterocycles. The summed E-state index contributed by atoms with van der Waals surface area (Å²) in [7, 11) is 2.10. The summed E-state index contributed by atoms with van der Waals surface area (Å²) < 4.78 is 20.1. The van der Waals surface area contributed by atoms with E-state index in [9.17, 15) is 35.0 Å². The first-order valence-electron chi connectivity index (χ1n) is 9.13. The van der Waals surface area contributed by atoms with Gasteiger partial charge in [-0.3, -0.25) is 0 Å². The second kappa shape index (κ2) is 10.0. The van der Waals surface area contributed by atoms with Gasteiger partial charge in [0, 0.05) is 6.07 Å². The number of ether oxygens (including phenoxy) is 4. The first-order valence-corrected chi connectivity index (χ1v) is 9.13. The van der Waals surface area contributed by atoms with Crippen LogP contribution in [0.25, 0.3) is 0 Å². The van der Waals surface area contributed by atoms with E-state index in [2.05, 4.69) is 4.74 Å². The van der Waals surface area contributed by atoms with Crippen LogP contribution in [-0.4, -0.2) is 58.8 Å². The van der Waals surface area contributed by atoms with Gasteiger partial charge in [-0.1, -0.05) is 0 Å². The van der Waals surface area contributed by atoms with Crippen molar-refractivity contribution in [2.45, 2.75) is 20.0 Å². The molecule has 0 radical (unpaired) electrons. The third-order valence-electron chi connectivity index (χ3n) is 4.32. The molecule has 2 atom stereocenters. The Kier molecular flexibility index (Phi) is 7.66.